The van der Waals surface area contributed by atoms with Gasteiger partial charge in [-0.1, -0.05) is 18.2 Å². The van der Waals surface area contributed by atoms with E-state index in [-0.39, 0.29) is 0 Å². The predicted molar refractivity (Wildman–Crippen MR) is 77.2 cm³/mol. The minimum Gasteiger partial charge on any atom is -0.365 e. The first-order valence-electron chi connectivity index (χ1n) is 6.32. The molecule has 1 amide bonds. The van der Waals surface area contributed by atoms with Crippen molar-refractivity contribution in [3.63, 3.8) is 0 Å². The standard InChI is InChI=1S/C14H18N4O/c1-2-18(8-7-15)14-11(13(16)19)9-10-5-3-4-6-12(10)17-14/h3-6,9H,2,7-8,15H2,1H3,(H2,16,19). The average molecular weight is 258 g/mol. The second-order valence-corrected chi connectivity index (χ2v) is 4.28. The van der Waals surface area contributed by atoms with Gasteiger partial charge in [-0.15, -0.1) is 0 Å². The fourth-order valence-corrected chi connectivity index (χ4v) is 2.10. The number of primary amides is 1. The zero-order valence-corrected chi connectivity index (χ0v) is 11.0. The Bertz CT molecular complexity index is 597. The van der Waals surface area contributed by atoms with Gasteiger partial charge in [0.05, 0.1) is 11.1 Å². The summed E-state index contributed by atoms with van der Waals surface area (Å²) < 4.78 is 0. The van der Waals surface area contributed by atoms with Gasteiger partial charge in [-0.3, -0.25) is 4.79 Å². The van der Waals surface area contributed by atoms with Crippen molar-refractivity contribution >= 4 is 22.6 Å². The van der Waals surface area contributed by atoms with Crippen LogP contribution in [0.2, 0.25) is 0 Å². The van der Waals surface area contributed by atoms with E-state index in [0.717, 1.165) is 17.4 Å². The summed E-state index contributed by atoms with van der Waals surface area (Å²) in [4.78, 5) is 18.1. The minimum absolute atomic E-state index is 0.439. The lowest BCUT2D eigenvalue weighted by Gasteiger charge is -2.23. The number of carbonyl (C=O) groups is 1. The first-order valence-corrected chi connectivity index (χ1v) is 6.32. The average Bonchev–Trinajstić information content (AvgIpc) is 2.43. The maximum atomic E-state index is 11.6. The number of hydrogen-bond acceptors (Lipinski definition) is 4. The summed E-state index contributed by atoms with van der Waals surface area (Å²) >= 11 is 0. The van der Waals surface area contributed by atoms with Crippen LogP contribution in [0.15, 0.2) is 30.3 Å². The van der Waals surface area contributed by atoms with Gasteiger partial charge in [0.25, 0.3) is 5.91 Å². The second-order valence-electron chi connectivity index (χ2n) is 4.28. The van der Waals surface area contributed by atoms with Crippen molar-refractivity contribution in [2.24, 2.45) is 11.5 Å². The van der Waals surface area contributed by atoms with Crippen LogP contribution in [-0.2, 0) is 0 Å². The van der Waals surface area contributed by atoms with Crippen molar-refractivity contribution < 1.29 is 4.79 Å². The topological polar surface area (TPSA) is 85.2 Å². The van der Waals surface area contributed by atoms with Crippen LogP contribution in [0.3, 0.4) is 0 Å². The highest BCUT2D eigenvalue weighted by Gasteiger charge is 2.16. The monoisotopic (exact) mass is 258 g/mol. The number of fused-ring (bicyclic) bond motifs is 1. The van der Waals surface area contributed by atoms with Gasteiger partial charge in [-0.2, -0.15) is 0 Å². The first kappa shape index (κ1) is 13.3. The number of rotatable bonds is 5. The SMILES string of the molecule is CCN(CCN)c1nc2ccccc2cc1C(N)=O. The van der Waals surface area contributed by atoms with Gasteiger partial charge < -0.3 is 16.4 Å². The van der Waals surface area contributed by atoms with E-state index in [0.29, 0.717) is 24.5 Å². The molecule has 0 aliphatic rings. The molecule has 0 saturated carbocycles. The molecule has 19 heavy (non-hydrogen) atoms. The quantitative estimate of drug-likeness (QED) is 0.841. The van der Waals surface area contributed by atoms with Gasteiger partial charge in [0.1, 0.15) is 5.82 Å². The van der Waals surface area contributed by atoms with Crippen LogP contribution in [0, 0.1) is 0 Å². The fourth-order valence-electron chi connectivity index (χ4n) is 2.10. The molecule has 100 valence electrons. The Morgan fingerprint density at radius 1 is 1.37 bits per heavy atom. The number of hydrogen-bond donors (Lipinski definition) is 2. The number of nitrogens with zero attached hydrogens (tertiary/aromatic N) is 2. The maximum absolute atomic E-state index is 11.6. The molecule has 1 aromatic heterocycles. The van der Waals surface area contributed by atoms with Crippen molar-refractivity contribution in [3.05, 3.63) is 35.9 Å². The third kappa shape index (κ3) is 2.66. The van der Waals surface area contributed by atoms with Crippen molar-refractivity contribution in [1.82, 2.24) is 4.98 Å². The number of pyridine rings is 1. The molecular weight excluding hydrogens is 240 g/mol. The molecule has 0 bridgehead atoms. The molecule has 0 unspecified atom stereocenters. The predicted octanol–water partition coefficient (Wildman–Crippen LogP) is 1.12. The maximum Gasteiger partial charge on any atom is 0.252 e. The van der Waals surface area contributed by atoms with Crippen LogP contribution in [-0.4, -0.2) is 30.5 Å². The molecule has 0 spiro atoms. The third-order valence-corrected chi connectivity index (χ3v) is 3.05. The van der Waals surface area contributed by atoms with Gasteiger partial charge in [0.2, 0.25) is 0 Å². The highest BCUT2D eigenvalue weighted by Crippen LogP contribution is 2.23. The van der Waals surface area contributed by atoms with Crippen LogP contribution in [0.5, 0.6) is 0 Å². The van der Waals surface area contributed by atoms with E-state index in [9.17, 15) is 4.79 Å². The third-order valence-electron chi connectivity index (χ3n) is 3.05. The van der Waals surface area contributed by atoms with Crippen LogP contribution < -0.4 is 16.4 Å². The second kappa shape index (κ2) is 5.67. The summed E-state index contributed by atoms with van der Waals surface area (Å²) in [6.45, 7) is 3.86. The smallest absolute Gasteiger partial charge is 0.252 e. The molecule has 1 heterocycles. The van der Waals surface area contributed by atoms with Crippen LogP contribution in [0.1, 0.15) is 17.3 Å². The van der Waals surface area contributed by atoms with E-state index in [1.54, 1.807) is 6.07 Å². The Hall–Kier alpha value is -2.14. The zero-order chi connectivity index (χ0) is 13.8. The Morgan fingerprint density at radius 2 is 2.11 bits per heavy atom. The van der Waals surface area contributed by atoms with Crippen molar-refractivity contribution in [3.8, 4) is 0 Å². The lowest BCUT2D eigenvalue weighted by atomic mass is 10.1. The van der Waals surface area contributed by atoms with E-state index in [2.05, 4.69) is 4.98 Å². The fraction of sp³-hybridized carbons (Fsp3) is 0.286. The first-order chi connectivity index (χ1) is 9.17. The van der Waals surface area contributed by atoms with Crippen LogP contribution >= 0.6 is 0 Å². The molecule has 5 heteroatoms. The number of carbonyl (C=O) groups excluding carboxylic acids is 1. The van der Waals surface area contributed by atoms with Gasteiger partial charge in [0.15, 0.2) is 0 Å². The van der Waals surface area contributed by atoms with E-state index in [1.807, 2.05) is 36.1 Å². The summed E-state index contributed by atoms with van der Waals surface area (Å²) in [6.07, 6.45) is 0. The molecule has 0 aliphatic heterocycles. The van der Waals surface area contributed by atoms with Gasteiger partial charge in [-0.05, 0) is 19.1 Å². The molecule has 0 saturated heterocycles. The molecular formula is C14H18N4O. The van der Waals surface area contributed by atoms with Crippen LogP contribution in [0.4, 0.5) is 5.82 Å². The lowest BCUT2D eigenvalue weighted by Crippen LogP contribution is -2.32. The number of anilines is 1. The van der Waals surface area contributed by atoms with Gasteiger partial charge >= 0.3 is 0 Å². The molecule has 1 aromatic carbocycles. The normalized spacial score (nSPS) is 10.6. The molecule has 0 radical (unpaired) electrons. The van der Waals surface area contributed by atoms with E-state index in [1.165, 1.54) is 0 Å². The number of para-hydroxylation sites is 1. The number of likely N-dealkylation sites (N-methyl/N-ethyl adjacent to an activating group) is 1. The van der Waals surface area contributed by atoms with Gasteiger partial charge in [0, 0.05) is 25.0 Å². The number of nitrogens with two attached hydrogens (primary N) is 2. The molecule has 2 aromatic rings. The van der Waals surface area contributed by atoms with Crippen molar-refractivity contribution in [1.29, 1.82) is 0 Å². The summed E-state index contributed by atoms with van der Waals surface area (Å²) in [5, 5.41) is 0.906. The highest BCUT2D eigenvalue weighted by atomic mass is 16.1. The Kier molecular flexibility index (Phi) is 3.97. The molecule has 0 atom stereocenters. The zero-order valence-electron chi connectivity index (χ0n) is 11.0. The Morgan fingerprint density at radius 3 is 2.74 bits per heavy atom. The molecule has 0 fully saturated rings. The highest BCUT2D eigenvalue weighted by molar-refractivity contribution is 6.01. The van der Waals surface area contributed by atoms with Gasteiger partial charge in [-0.25, -0.2) is 4.98 Å². The van der Waals surface area contributed by atoms with Crippen LogP contribution in [0.25, 0.3) is 10.9 Å². The van der Waals surface area contributed by atoms with Crippen molar-refractivity contribution in [2.75, 3.05) is 24.5 Å². The van der Waals surface area contributed by atoms with E-state index < -0.39 is 5.91 Å². The molecule has 4 N–H and O–H groups in total. The van der Waals surface area contributed by atoms with E-state index in [4.69, 9.17) is 11.5 Å². The largest absolute Gasteiger partial charge is 0.365 e. The molecule has 0 aliphatic carbocycles. The van der Waals surface area contributed by atoms with Crippen molar-refractivity contribution in [2.45, 2.75) is 6.92 Å². The lowest BCUT2D eigenvalue weighted by molar-refractivity contribution is 0.100. The summed E-state index contributed by atoms with van der Waals surface area (Å²) in [5.74, 6) is 0.142. The Labute approximate surface area is 112 Å². The number of benzene rings is 1. The summed E-state index contributed by atoms with van der Waals surface area (Å²) in [7, 11) is 0. The molecule has 2 rings (SSSR count). The minimum atomic E-state index is -0.469. The van der Waals surface area contributed by atoms with E-state index >= 15 is 0 Å². The summed E-state index contributed by atoms with van der Waals surface area (Å²) in [5.41, 5.74) is 12.3. The number of amides is 1. The Balaban J connectivity index is 2.62. The molecule has 5 nitrogen and oxygen atoms in total. The number of aromatic nitrogens is 1. The summed E-state index contributed by atoms with van der Waals surface area (Å²) in [6, 6.07) is 9.45.